The van der Waals surface area contributed by atoms with E-state index in [0.29, 0.717) is 5.82 Å². The Kier molecular flexibility index (Phi) is 3.49. The quantitative estimate of drug-likeness (QED) is 0.871. The molecule has 1 aromatic carbocycles. The normalized spacial score (nSPS) is 21.7. The second-order valence-corrected chi connectivity index (χ2v) is 6.80. The van der Waals surface area contributed by atoms with Crippen molar-refractivity contribution in [3.8, 4) is 0 Å². The molecular weight excluding hydrogens is 302 g/mol. The summed E-state index contributed by atoms with van der Waals surface area (Å²) in [7, 11) is 0. The van der Waals surface area contributed by atoms with Gasteiger partial charge in [-0.05, 0) is 35.8 Å². The minimum atomic E-state index is -0.539. The van der Waals surface area contributed by atoms with E-state index in [-0.39, 0.29) is 17.2 Å². The van der Waals surface area contributed by atoms with Gasteiger partial charge in [0.2, 0.25) is 0 Å². The standard InChI is InChI=1S/C18H21N5O/c19-15-13-4-2-1-3-12(13)11-18(15)5-9-23(10-6-18)17-14(16(20)24)21-7-8-22-17/h1-4,7-8,15H,5-6,9-11,19H2,(H2,20,24). The molecule has 0 radical (unpaired) electrons. The third kappa shape index (κ3) is 2.26. The van der Waals surface area contributed by atoms with E-state index in [1.54, 1.807) is 6.20 Å². The summed E-state index contributed by atoms with van der Waals surface area (Å²) < 4.78 is 0. The van der Waals surface area contributed by atoms with Gasteiger partial charge < -0.3 is 16.4 Å². The number of piperidine rings is 1. The van der Waals surface area contributed by atoms with Gasteiger partial charge >= 0.3 is 0 Å². The summed E-state index contributed by atoms with van der Waals surface area (Å²) in [5.41, 5.74) is 15.0. The van der Waals surface area contributed by atoms with Crippen LogP contribution in [0.5, 0.6) is 0 Å². The number of nitrogens with zero attached hydrogens (tertiary/aromatic N) is 3. The number of carbonyl (C=O) groups is 1. The van der Waals surface area contributed by atoms with Gasteiger partial charge in [0.25, 0.3) is 5.91 Å². The molecule has 1 atom stereocenters. The van der Waals surface area contributed by atoms with Crippen molar-refractivity contribution in [3.63, 3.8) is 0 Å². The van der Waals surface area contributed by atoms with Gasteiger partial charge in [0.15, 0.2) is 11.5 Å². The van der Waals surface area contributed by atoms with E-state index in [1.165, 1.54) is 17.3 Å². The monoisotopic (exact) mass is 323 g/mol. The van der Waals surface area contributed by atoms with E-state index >= 15 is 0 Å². The second-order valence-electron chi connectivity index (χ2n) is 6.80. The fourth-order valence-electron chi connectivity index (χ4n) is 4.21. The summed E-state index contributed by atoms with van der Waals surface area (Å²) in [6.07, 6.45) is 6.07. The predicted molar refractivity (Wildman–Crippen MR) is 91.5 cm³/mol. The predicted octanol–water partition coefficient (Wildman–Crippen LogP) is 1.42. The number of amides is 1. The van der Waals surface area contributed by atoms with E-state index in [0.717, 1.165) is 32.4 Å². The van der Waals surface area contributed by atoms with Gasteiger partial charge in [-0.25, -0.2) is 9.97 Å². The van der Waals surface area contributed by atoms with Crippen LogP contribution in [0.15, 0.2) is 36.7 Å². The Morgan fingerprint density at radius 3 is 2.58 bits per heavy atom. The molecule has 2 aromatic rings. The zero-order valence-corrected chi connectivity index (χ0v) is 13.5. The van der Waals surface area contributed by atoms with E-state index in [2.05, 4.69) is 39.1 Å². The van der Waals surface area contributed by atoms with Gasteiger partial charge in [0, 0.05) is 31.5 Å². The first-order valence-corrected chi connectivity index (χ1v) is 8.30. The maximum atomic E-state index is 11.6. The average molecular weight is 323 g/mol. The summed E-state index contributed by atoms with van der Waals surface area (Å²) in [6, 6.07) is 8.55. The molecule has 1 fully saturated rings. The van der Waals surface area contributed by atoms with Crippen molar-refractivity contribution >= 4 is 11.7 Å². The van der Waals surface area contributed by atoms with Crippen LogP contribution in [0.2, 0.25) is 0 Å². The highest BCUT2D eigenvalue weighted by atomic mass is 16.1. The molecule has 1 aromatic heterocycles. The molecule has 0 saturated carbocycles. The van der Waals surface area contributed by atoms with Crippen molar-refractivity contribution < 1.29 is 4.79 Å². The van der Waals surface area contributed by atoms with E-state index in [9.17, 15) is 4.79 Å². The number of rotatable bonds is 2. The molecule has 2 heterocycles. The maximum Gasteiger partial charge on any atom is 0.271 e. The lowest BCUT2D eigenvalue weighted by molar-refractivity contribution is 0.0995. The lowest BCUT2D eigenvalue weighted by Gasteiger charge is -2.42. The SMILES string of the molecule is NC(=O)c1nccnc1N1CCC2(CC1)Cc1ccccc1C2N. The Morgan fingerprint density at radius 1 is 1.17 bits per heavy atom. The number of carbonyl (C=O) groups excluding carboxylic acids is 1. The van der Waals surface area contributed by atoms with Crippen LogP contribution < -0.4 is 16.4 Å². The molecule has 4 N–H and O–H groups in total. The van der Waals surface area contributed by atoms with Crippen molar-refractivity contribution in [1.29, 1.82) is 0 Å². The minimum Gasteiger partial charge on any atom is -0.364 e. The number of benzene rings is 1. The van der Waals surface area contributed by atoms with Crippen molar-refractivity contribution in [2.24, 2.45) is 16.9 Å². The Labute approximate surface area is 140 Å². The molecule has 1 aliphatic carbocycles. The number of hydrogen-bond acceptors (Lipinski definition) is 5. The smallest absolute Gasteiger partial charge is 0.271 e. The molecule has 1 amide bonds. The number of aromatic nitrogens is 2. The molecule has 2 aliphatic rings. The van der Waals surface area contributed by atoms with Crippen LogP contribution in [0, 0.1) is 5.41 Å². The lowest BCUT2D eigenvalue weighted by atomic mass is 9.73. The van der Waals surface area contributed by atoms with Crippen LogP contribution >= 0.6 is 0 Å². The average Bonchev–Trinajstić information content (AvgIpc) is 2.88. The Bertz CT molecular complexity index is 782. The third-order valence-corrected chi connectivity index (χ3v) is 5.56. The van der Waals surface area contributed by atoms with E-state index < -0.39 is 5.91 Å². The molecule has 1 aliphatic heterocycles. The zero-order valence-electron chi connectivity index (χ0n) is 13.5. The molecule has 1 unspecified atom stereocenters. The minimum absolute atomic E-state index is 0.0771. The molecule has 124 valence electrons. The first kappa shape index (κ1) is 15.1. The highest BCUT2D eigenvalue weighted by molar-refractivity contribution is 5.95. The van der Waals surface area contributed by atoms with Gasteiger partial charge in [0.05, 0.1) is 0 Å². The van der Waals surface area contributed by atoms with Crippen LogP contribution in [0.4, 0.5) is 5.82 Å². The molecule has 1 saturated heterocycles. The van der Waals surface area contributed by atoms with Crippen LogP contribution in [-0.2, 0) is 6.42 Å². The topological polar surface area (TPSA) is 98.1 Å². The molecule has 24 heavy (non-hydrogen) atoms. The highest BCUT2D eigenvalue weighted by Crippen LogP contribution is 2.50. The van der Waals surface area contributed by atoms with Gasteiger partial charge in [-0.15, -0.1) is 0 Å². The van der Waals surface area contributed by atoms with Crippen molar-refractivity contribution in [1.82, 2.24) is 9.97 Å². The highest BCUT2D eigenvalue weighted by Gasteiger charge is 2.46. The molecule has 6 heteroatoms. The fourth-order valence-corrected chi connectivity index (χ4v) is 4.21. The Balaban J connectivity index is 1.56. The van der Waals surface area contributed by atoms with E-state index in [4.69, 9.17) is 11.5 Å². The largest absolute Gasteiger partial charge is 0.364 e. The van der Waals surface area contributed by atoms with Crippen molar-refractivity contribution in [2.45, 2.75) is 25.3 Å². The molecular formula is C18H21N5O. The van der Waals surface area contributed by atoms with Crippen LogP contribution in [-0.4, -0.2) is 29.0 Å². The fraction of sp³-hybridized carbons (Fsp3) is 0.389. The number of primary amides is 1. The summed E-state index contributed by atoms with van der Waals surface area (Å²) in [4.78, 5) is 22.1. The lowest BCUT2D eigenvalue weighted by Crippen LogP contribution is -2.45. The first-order valence-electron chi connectivity index (χ1n) is 8.30. The first-order chi connectivity index (χ1) is 11.6. The molecule has 1 spiro atoms. The van der Waals surface area contributed by atoms with Crippen molar-refractivity contribution in [3.05, 3.63) is 53.5 Å². The van der Waals surface area contributed by atoms with Crippen LogP contribution in [0.25, 0.3) is 0 Å². The maximum absolute atomic E-state index is 11.6. The molecule has 6 nitrogen and oxygen atoms in total. The zero-order chi connectivity index (χ0) is 16.7. The summed E-state index contributed by atoms with van der Waals surface area (Å²) in [5.74, 6) is 0.0484. The molecule has 4 rings (SSSR count). The van der Waals surface area contributed by atoms with Gasteiger partial charge in [-0.2, -0.15) is 0 Å². The summed E-state index contributed by atoms with van der Waals surface area (Å²) in [5, 5.41) is 0. The van der Waals surface area contributed by atoms with Crippen LogP contribution in [0.1, 0.15) is 40.5 Å². The van der Waals surface area contributed by atoms with E-state index in [1.807, 2.05) is 0 Å². The van der Waals surface area contributed by atoms with Gasteiger partial charge in [-0.3, -0.25) is 4.79 Å². The Hall–Kier alpha value is -2.47. The van der Waals surface area contributed by atoms with Gasteiger partial charge in [-0.1, -0.05) is 24.3 Å². The molecule has 0 bridgehead atoms. The van der Waals surface area contributed by atoms with Crippen molar-refractivity contribution in [2.75, 3.05) is 18.0 Å². The second kappa shape index (κ2) is 5.56. The number of hydrogen-bond donors (Lipinski definition) is 2. The summed E-state index contributed by atoms with van der Waals surface area (Å²) >= 11 is 0. The van der Waals surface area contributed by atoms with Crippen LogP contribution in [0.3, 0.4) is 0 Å². The third-order valence-electron chi connectivity index (χ3n) is 5.56. The number of nitrogens with two attached hydrogens (primary N) is 2. The number of fused-ring (bicyclic) bond motifs is 1. The van der Waals surface area contributed by atoms with Gasteiger partial charge in [0.1, 0.15) is 0 Å². The number of anilines is 1. The Morgan fingerprint density at radius 2 is 1.88 bits per heavy atom. The summed E-state index contributed by atoms with van der Waals surface area (Å²) in [6.45, 7) is 1.61.